The second kappa shape index (κ2) is 8.74. The van der Waals surface area contributed by atoms with E-state index in [2.05, 4.69) is 66.6 Å². The van der Waals surface area contributed by atoms with E-state index in [-0.39, 0.29) is 0 Å². The quantitative estimate of drug-likeness (QED) is 0.638. The smallest absolute Gasteiger partial charge is 0.0650 e. The van der Waals surface area contributed by atoms with Crippen molar-refractivity contribution in [2.75, 3.05) is 0 Å². The molecule has 2 unspecified atom stereocenters. The van der Waals surface area contributed by atoms with Crippen molar-refractivity contribution in [2.45, 2.75) is 86.6 Å². The predicted molar refractivity (Wildman–Crippen MR) is 97.2 cm³/mol. The molecule has 0 amide bonds. The first-order valence-electron chi connectivity index (χ1n) is 9.27. The van der Waals surface area contributed by atoms with E-state index in [1.54, 1.807) is 0 Å². The van der Waals surface area contributed by atoms with Gasteiger partial charge in [0.05, 0.1) is 5.69 Å². The summed E-state index contributed by atoms with van der Waals surface area (Å²) in [4.78, 5) is 0. The first-order valence-corrected chi connectivity index (χ1v) is 9.27. The van der Waals surface area contributed by atoms with Crippen LogP contribution in [0.15, 0.2) is 12.3 Å². The zero-order valence-electron chi connectivity index (χ0n) is 16.1. The first kappa shape index (κ1) is 19.3. The van der Waals surface area contributed by atoms with E-state index >= 15 is 0 Å². The van der Waals surface area contributed by atoms with Gasteiger partial charge in [-0.15, -0.1) is 0 Å². The van der Waals surface area contributed by atoms with Gasteiger partial charge in [-0.05, 0) is 68.8 Å². The summed E-state index contributed by atoms with van der Waals surface area (Å²) in [5.74, 6) is 4.43. The second-order valence-electron chi connectivity index (χ2n) is 8.29. The number of aromatic nitrogens is 2. The van der Waals surface area contributed by atoms with Crippen molar-refractivity contribution in [2.24, 2.45) is 23.7 Å². The summed E-state index contributed by atoms with van der Waals surface area (Å²) >= 11 is 0. The highest BCUT2D eigenvalue weighted by Gasteiger charge is 2.28. The highest BCUT2D eigenvalue weighted by molar-refractivity contribution is 5.03. The zero-order chi connectivity index (χ0) is 16.9. The molecule has 0 aliphatic heterocycles. The lowest BCUT2D eigenvalue weighted by Crippen LogP contribution is -2.07. The van der Waals surface area contributed by atoms with Crippen molar-refractivity contribution < 1.29 is 0 Å². The van der Waals surface area contributed by atoms with Crippen molar-refractivity contribution in [3.05, 3.63) is 18.0 Å². The van der Waals surface area contributed by atoms with Crippen molar-refractivity contribution in [1.29, 1.82) is 0 Å². The normalized spacial score (nSPS) is 21.8. The lowest BCUT2D eigenvalue weighted by atomic mass is 9.89. The third kappa shape index (κ3) is 5.78. The van der Waals surface area contributed by atoms with Gasteiger partial charge >= 0.3 is 0 Å². The summed E-state index contributed by atoms with van der Waals surface area (Å²) in [6, 6.07) is 2.56. The third-order valence-electron chi connectivity index (χ3n) is 5.15. The maximum absolute atomic E-state index is 4.43. The van der Waals surface area contributed by atoms with Crippen LogP contribution in [-0.2, 0) is 0 Å². The van der Waals surface area contributed by atoms with Gasteiger partial charge in [-0.1, -0.05) is 41.5 Å². The van der Waals surface area contributed by atoms with Crippen molar-refractivity contribution >= 4 is 0 Å². The van der Waals surface area contributed by atoms with Gasteiger partial charge in [0.15, 0.2) is 0 Å². The van der Waals surface area contributed by atoms with E-state index in [0.717, 1.165) is 23.7 Å². The van der Waals surface area contributed by atoms with Crippen LogP contribution in [0.4, 0.5) is 0 Å². The molecule has 22 heavy (non-hydrogen) atoms. The van der Waals surface area contributed by atoms with Crippen molar-refractivity contribution in [3.8, 4) is 0 Å². The Bertz CT molecular complexity index is 379. The van der Waals surface area contributed by atoms with Gasteiger partial charge in [-0.3, -0.25) is 4.68 Å². The fraction of sp³-hybridized carbons (Fsp3) is 0.850. The largest absolute Gasteiger partial charge is 0.270 e. The van der Waals surface area contributed by atoms with Gasteiger partial charge in [0.25, 0.3) is 0 Å². The summed E-state index contributed by atoms with van der Waals surface area (Å²) in [6.45, 7) is 18.1. The van der Waals surface area contributed by atoms with Gasteiger partial charge in [-0.25, -0.2) is 0 Å². The molecular formula is C20H38N2. The highest BCUT2D eigenvalue weighted by atomic mass is 15.3. The van der Waals surface area contributed by atoms with E-state index in [4.69, 9.17) is 0 Å². The summed E-state index contributed by atoms with van der Waals surface area (Å²) in [6.07, 6.45) is 6.51. The van der Waals surface area contributed by atoms with Crippen LogP contribution >= 0.6 is 0 Å². The lowest BCUT2D eigenvalue weighted by molar-refractivity contribution is 0.340. The maximum Gasteiger partial charge on any atom is 0.0650 e. The van der Waals surface area contributed by atoms with Crippen molar-refractivity contribution in [3.63, 3.8) is 0 Å². The van der Waals surface area contributed by atoms with Crippen LogP contribution in [-0.4, -0.2) is 9.78 Å². The van der Waals surface area contributed by atoms with Gasteiger partial charge in [0.1, 0.15) is 0 Å². The van der Waals surface area contributed by atoms with Crippen molar-refractivity contribution in [1.82, 2.24) is 9.78 Å². The van der Waals surface area contributed by atoms with Crippen LogP contribution in [0.5, 0.6) is 0 Å². The number of hydrogen-bond donors (Lipinski definition) is 0. The van der Waals surface area contributed by atoms with E-state index in [9.17, 15) is 0 Å². The molecule has 1 aliphatic carbocycles. The number of hydrogen-bond acceptors (Lipinski definition) is 1. The molecule has 128 valence electrons. The van der Waals surface area contributed by atoms with E-state index in [0.29, 0.717) is 12.0 Å². The molecule has 2 heteroatoms. The fourth-order valence-corrected chi connectivity index (χ4v) is 3.21. The Morgan fingerprint density at radius 3 is 1.64 bits per heavy atom. The summed E-state index contributed by atoms with van der Waals surface area (Å²) in [5.41, 5.74) is 1.18. The van der Waals surface area contributed by atoms with Crippen LogP contribution in [0.2, 0.25) is 0 Å². The molecule has 1 saturated carbocycles. The Kier molecular flexibility index (Phi) is 7.65. The molecular weight excluding hydrogens is 268 g/mol. The first-order chi connectivity index (χ1) is 10.2. The molecule has 0 saturated heterocycles. The average Bonchev–Trinajstić information content (AvgIpc) is 3.09. The van der Waals surface area contributed by atoms with Gasteiger partial charge < -0.3 is 0 Å². The molecule has 0 bridgehead atoms. The molecule has 1 aromatic heterocycles. The fourth-order valence-electron chi connectivity index (χ4n) is 3.21. The number of rotatable bonds is 4. The maximum atomic E-state index is 4.43. The van der Waals surface area contributed by atoms with Crippen LogP contribution in [0.1, 0.15) is 92.3 Å². The molecule has 1 fully saturated rings. The topological polar surface area (TPSA) is 17.8 Å². The Morgan fingerprint density at radius 2 is 1.41 bits per heavy atom. The summed E-state index contributed by atoms with van der Waals surface area (Å²) in [5, 5.41) is 4.43. The van der Waals surface area contributed by atoms with Gasteiger partial charge in [0.2, 0.25) is 0 Å². The van der Waals surface area contributed by atoms with Crippen LogP contribution in [0.3, 0.4) is 0 Å². The molecule has 2 nitrogen and oxygen atoms in total. The highest BCUT2D eigenvalue weighted by Crippen LogP contribution is 2.39. The Hall–Kier alpha value is -0.790. The zero-order valence-corrected chi connectivity index (χ0v) is 16.1. The monoisotopic (exact) mass is 306 g/mol. The van der Waals surface area contributed by atoms with E-state index < -0.39 is 0 Å². The molecule has 0 aromatic carbocycles. The summed E-state index contributed by atoms with van der Waals surface area (Å²) in [7, 11) is 0. The minimum atomic E-state index is 0.475. The van der Waals surface area contributed by atoms with Gasteiger partial charge in [-0.2, -0.15) is 5.10 Å². The van der Waals surface area contributed by atoms with E-state index in [1.807, 2.05) is 10.9 Å². The van der Waals surface area contributed by atoms with Crippen LogP contribution < -0.4 is 0 Å². The summed E-state index contributed by atoms with van der Waals surface area (Å²) < 4.78 is 2.00. The molecule has 2 atom stereocenters. The standard InChI is InChI=1S/C11H22.C9H16N2/c1-8(2)10-5-6-11(7-10)9(3)4;1-7(2)9-5-6-11(10-9)8(3)4/h8-11H,5-7H2,1-4H3;5-8H,1-4H3. The Labute approximate surface area is 138 Å². The van der Waals surface area contributed by atoms with Gasteiger partial charge in [0, 0.05) is 12.2 Å². The molecule has 1 aromatic rings. The van der Waals surface area contributed by atoms with E-state index in [1.165, 1.54) is 25.0 Å². The second-order valence-corrected chi connectivity index (χ2v) is 8.29. The molecule has 1 aliphatic rings. The third-order valence-corrected chi connectivity index (χ3v) is 5.15. The SMILES string of the molecule is CC(C)C1CCC(C(C)C)C1.CC(C)c1ccn(C(C)C)n1. The lowest BCUT2D eigenvalue weighted by Gasteiger charge is -2.16. The molecule has 0 N–H and O–H groups in total. The molecule has 0 radical (unpaired) electrons. The molecule has 0 spiro atoms. The minimum Gasteiger partial charge on any atom is -0.270 e. The molecule has 1 heterocycles. The Morgan fingerprint density at radius 1 is 0.909 bits per heavy atom. The van der Waals surface area contributed by atoms with Crippen LogP contribution in [0, 0.1) is 23.7 Å². The Balaban J connectivity index is 0.000000220. The molecule has 2 rings (SSSR count). The predicted octanol–water partition coefficient (Wildman–Crippen LogP) is 6.30. The average molecular weight is 307 g/mol. The number of nitrogens with zero attached hydrogens (tertiary/aromatic N) is 2. The minimum absolute atomic E-state index is 0.475. The van der Waals surface area contributed by atoms with Crippen LogP contribution in [0.25, 0.3) is 0 Å².